The molecule has 1 aliphatic heterocycles. The smallest absolute Gasteiger partial charge is 0.270 e. The van der Waals surface area contributed by atoms with E-state index >= 15 is 0 Å². The molecule has 1 atom stereocenters. The number of amides is 1. The molecule has 1 amide bonds. The Labute approximate surface area is 195 Å². The lowest BCUT2D eigenvalue weighted by molar-refractivity contribution is 0.0943. The zero-order valence-corrected chi connectivity index (χ0v) is 18.7. The monoisotopic (exact) mass is 465 g/mol. The van der Waals surface area contributed by atoms with Crippen molar-refractivity contribution in [1.82, 2.24) is 30.2 Å². The molecule has 0 bridgehead atoms. The molecular weight excluding hydrogens is 442 g/mol. The van der Waals surface area contributed by atoms with Crippen molar-refractivity contribution in [3.8, 4) is 5.75 Å². The van der Waals surface area contributed by atoms with Gasteiger partial charge in [0.25, 0.3) is 5.91 Å². The van der Waals surface area contributed by atoms with E-state index in [1.165, 1.54) is 0 Å². The van der Waals surface area contributed by atoms with E-state index in [2.05, 4.69) is 48.0 Å². The molecule has 1 aliphatic rings. The summed E-state index contributed by atoms with van der Waals surface area (Å²) in [7, 11) is 0. The summed E-state index contributed by atoms with van der Waals surface area (Å²) in [5.41, 5.74) is 2.46. The van der Waals surface area contributed by atoms with Crippen molar-refractivity contribution in [3.05, 3.63) is 48.7 Å². The lowest BCUT2D eigenvalue weighted by Crippen LogP contribution is -2.35. The van der Waals surface area contributed by atoms with E-state index in [0.717, 1.165) is 36.1 Å². The molecule has 0 unspecified atom stereocenters. The number of benzene rings is 1. The molecule has 4 heterocycles. The van der Waals surface area contributed by atoms with Crippen LogP contribution in [0.3, 0.4) is 0 Å². The Kier molecular flexibility index (Phi) is 6.22. The molecule has 170 valence electrons. The van der Waals surface area contributed by atoms with Crippen LogP contribution in [0.15, 0.2) is 43.0 Å². The van der Waals surface area contributed by atoms with Gasteiger partial charge in [-0.25, -0.2) is 19.9 Å². The second kappa shape index (κ2) is 9.59. The molecule has 1 fully saturated rings. The predicted molar refractivity (Wildman–Crippen MR) is 127 cm³/mol. The van der Waals surface area contributed by atoms with Gasteiger partial charge in [0.15, 0.2) is 11.5 Å². The van der Waals surface area contributed by atoms with Crippen LogP contribution in [0.2, 0.25) is 0 Å². The molecule has 3 aromatic heterocycles. The standard InChI is InChI=1S/C22H23N7O3S/c30-22(23-7-9-32-33)17-10-18(15-5-1-2-6-16(15)28-17)31-11-14-4-3-8-29(14)21-19-20(25-12-24-19)26-13-27-21/h1-2,5-6,10,12-14,33H,3-4,7-9,11H2,(H,23,30)(H,24,25,26,27)/t14-/m1/s1. The van der Waals surface area contributed by atoms with Crippen molar-refractivity contribution in [2.24, 2.45) is 0 Å². The van der Waals surface area contributed by atoms with Gasteiger partial charge in [-0.05, 0) is 37.9 Å². The van der Waals surface area contributed by atoms with Crippen LogP contribution < -0.4 is 15.0 Å². The molecule has 33 heavy (non-hydrogen) atoms. The first-order chi connectivity index (χ1) is 16.2. The molecule has 10 nitrogen and oxygen atoms in total. The van der Waals surface area contributed by atoms with Crippen molar-refractivity contribution in [2.75, 3.05) is 31.2 Å². The fourth-order valence-corrected chi connectivity index (χ4v) is 4.21. The SMILES string of the molecule is O=C(NCCOS)c1cc(OC[C@H]2CCCN2c2ncnc3[nH]cnc23)c2ccccc2n1. The van der Waals surface area contributed by atoms with Gasteiger partial charge in [0.1, 0.15) is 29.9 Å². The minimum atomic E-state index is -0.291. The number of fused-ring (bicyclic) bond motifs is 2. The molecule has 0 aliphatic carbocycles. The first kappa shape index (κ1) is 21.4. The molecule has 1 aromatic carbocycles. The summed E-state index contributed by atoms with van der Waals surface area (Å²) in [5, 5.41) is 3.62. The highest BCUT2D eigenvalue weighted by Crippen LogP contribution is 2.30. The topological polar surface area (TPSA) is 118 Å². The van der Waals surface area contributed by atoms with Crippen LogP contribution in [0.4, 0.5) is 5.82 Å². The van der Waals surface area contributed by atoms with E-state index in [4.69, 9.17) is 8.92 Å². The first-order valence-electron chi connectivity index (χ1n) is 10.7. The fourth-order valence-electron chi connectivity index (χ4n) is 4.12. The Bertz CT molecular complexity index is 1280. The number of nitrogens with zero attached hydrogens (tertiary/aromatic N) is 5. The number of imidazole rings is 1. The third-order valence-electron chi connectivity index (χ3n) is 5.67. The number of pyridine rings is 1. The highest BCUT2D eigenvalue weighted by Gasteiger charge is 2.29. The van der Waals surface area contributed by atoms with Gasteiger partial charge in [0, 0.05) is 24.5 Å². The second-order valence-corrected chi connectivity index (χ2v) is 7.97. The van der Waals surface area contributed by atoms with E-state index in [0.29, 0.717) is 42.4 Å². The largest absolute Gasteiger partial charge is 0.491 e. The third kappa shape index (κ3) is 4.41. The van der Waals surface area contributed by atoms with Crippen LogP contribution in [-0.2, 0) is 4.18 Å². The predicted octanol–water partition coefficient (Wildman–Crippen LogP) is 2.54. The van der Waals surface area contributed by atoms with E-state index in [1.54, 1.807) is 18.7 Å². The summed E-state index contributed by atoms with van der Waals surface area (Å²) in [6.45, 7) is 1.95. The lowest BCUT2D eigenvalue weighted by Gasteiger charge is -2.26. The maximum Gasteiger partial charge on any atom is 0.270 e. The highest BCUT2D eigenvalue weighted by atomic mass is 32.1. The Morgan fingerprint density at radius 1 is 1.27 bits per heavy atom. The van der Waals surface area contributed by atoms with Crippen molar-refractivity contribution in [2.45, 2.75) is 18.9 Å². The number of para-hydroxylation sites is 1. The fraction of sp³-hybridized carbons (Fsp3) is 0.318. The zero-order chi connectivity index (χ0) is 22.6. The first-order valence-corrected chi connectivity index (χ1v) is 11.1. The molecule has 0 spiro atoms. The summed E-state index contributed by atoms with van der Waals surface area (Å²) in [6, 6.07) is 9.44. The number of hydrogen-bond acceptors (Lipinski definition) is 9. The Hall–Kier alpha value is -3.44. The maximum atomic E-state index is 12.6. The highest BCUT2D eigenvalue weighted by molar-refractivity contribution is 7.75. The molecular formula is C22H23N7O3S. The molecule has 2 N–H and O–H groups in total. The molecule has 5 rings (SSSR count). The third-order valence-corrected chi connectivity index (χ3v) is 5.85. The van der Waals surface area contributed by atoms with Crippen molar-refractivity contribution >= 4 is 46.7 Å². The van der Waals surface area contributed by atoms with Gasteiger partial charge in [0.2, 0.25) is 0 Å². The van der Waals surface area contributed by atoms with Gasteiger partial charge in [-0.15, -0.1) is 0 Å². The van der Waals surface area contributed by atoms with Gasteiger partial charge < -0.3 is 24.1 Å². The van der Waals surface area contributed by atoms with E-state index < -0.39 is 0 Å². The maximum absolute atomic E-state index is 12.6. The quantitative estimate of drug-likeness (QED) is 0.206. The van der Waals surface area contributed by atoms with Crippen LogP contribution in [0, 0.1) is 0 Å². The molecule has 4 aromatic rings. The van der Waals surface area contributed by atoms with Gasteiger partial charge in [-0.1, -0.05) is 12.1 Å². The van der Waals surface area contributed by atoms with E-state index in [-0.39, 0.29) is 11.9 Å². The summed E-state index contributed by atoms with van der Waals surface area (Å²) in [5.74, 6) is 1.13. The number of aromatic nitrogens is 5. The summed E-state index contributed by atoms with van der Waals surface area (Å²) < 4.78 is 11.0. The van der Waals surface area contributed by atoms with Crippen LogP contribution >= 0.6 is 12.9 Å². The Balaban J connectivity index is 1.38. The average molecular weight is 466 g/mol. The van der Waals surface area contributed by atoms with Crippen molar-refractivity contribution in [3.63, 3.8) is 0 Å². The number of ether oxygens (including phenoxy) is 1. The Morgan fingerprint density at radius 2 is 2.18 bits per heavy atom. The molecule has 11 heteroatoms. The second-order valence-electron chi connectivity index (χ2n) is 7.71. The summed E-state index contributed by atoms with van der Waals surface area (Å²) in [6.07, 6.45) is 5.17. The molecule has 0 saturated carbocycles. The van der Waals surface area contributed by atoms with Gasteiger partial charge in [0.05, 0.1) is 24.5 Å². The zero-order valence-electron chi connectivity index (χ0n) is 17.8. The van der Waals surface area contributed by atoms with Gasteiger partial charge in [-0.3, -0.25) is 4.79 Å². The number of carbonyl (C=O) groups excluding carboxylic acids is 1. The van der Waals surface area contributed by atoms with Crippen LogP contribution in [0.5, 0.6) is 5.75 Å². The molecule has 1 saturated heterocycles. The van der Waals surface area contributed by atoms with Crippen molar-refractivity contribution in [1.29, 1.82) is 0 Å². The minimum Gasteiger partial charge on any atom is -0.491 e. The number of anilines is 1. The number of hydrogen-bond donors (Lipinski definition) is 3. The van der Waals surface area contributed by atoms with Crippen LogP contribution in [0.1, 0.15) is 23.3 Å². The molecule has 0 radical (unpaired) electrons. The number of thiol groups is 1. The number of aromatic amines is 1. The van der Waals surface area contributed by atoms with Gasteiger partial charge >= 0.3 is 0 Å². The van der Waals surface area contributed by atoms with Crippen LogP contribution in [-0.4, -0.2) is 63.2 Å². The number of carbonyl (C=O) groups is 1. The average Bonchev–Trinajstić information content (AvgIpc) is 3.52. The van der Waals surface area contributed by atoms with E-state index in [1.807, 2.05) is 24.3 Å². The van der Waals surface area contributed by atoms with E-state index in [9.17, 15) is 4.79 Å². The van der Waals surface area contributed by atoms with Crippen molar-refractivity contribution < 1.29 is 13.7 Å². The van der Waals surface area contributed by atoms with Crippen LogP contribution in [0.25, 0.3) is 22.1 Å². The minimum absolute atomic E-state index is 0.122. The number of nitrogens with one attached hydrogen (secondary N) is 2. The lowest BCUT2D eigenvalue weighted by atomic mass is 10.1. The summed E-state index contributed by atoms with van der Waals surface area (Å²) >= 11 is 3.69. The summed E-state index contributed by atoms with van der Waals surface area (Å²) in [4.78, 5) is 35.4. The number of rotatable bonds is 8. The number of H-pyrrole nitrogens is 1. The van der Waals surface area contributed by atoms with Gasteiger partial charge in [-0.2, -0.15) is 0 Å². The normalized spacial score (nSPS) is 15.9. The Morgan fingerprint density at radius 3 is 3.09 bits per heavy atom.